The van der Waals surface area contributed by atoms with Crippen molar-refractivity contribution in [1.29, 1.82) is 0 Å². The normalized spacial score (nSPS) is 11.5. The van der Waals surface area contributed by atoms with Crippen LogP contribution in [0.1, 0.15) is 26.6 Å². The Labute approximate surface area is 130 Å². The van der Waals surface area contributed by atoms with Crippen molar-refractivity contribution in [2.24, 2.45) is 0 Å². The van der Waals surface area contributed by atoms with Crippen LogP contribution in [0.15, 0.2) is 28.9 Å². The fourth-order valence-corrected chi connectivity index (χ4v) is 1.93. The number of hydrogen-bond donors (Lipinski definition) is 0. The Morgan fingerprint density at radius 2 is 1.90 bits per heavy atom. The molecule has 106 valence electrons. The molecule has 1 heterocycles. The molecule has 1 aromatic heterocycles. The Hall–Kier alpha value is -1.20. The zero-order chi connectivity index (χ0) is 14.9. The van der Waals surface area contributed by atoms with Gasteiger partial charge in [0.1, 0.15) is 22.0 Å². The highest BCUT2D eigenvalue weighted by molar-refractivity contribution is 9.10. The number of halogens is 3. The second-order valence-corrected chi connectivity index (χ2v) is 6.50. The maximum Gasteiger partial charge on any atom is 0.223 e. The van der Waals surface area contributed by atoms with Gasteiger partial charge in [0.2, 0.25) is 5.88 Å². The maximum atomic E-state index is 13.4. The van der Waals surface area contributed by atoms with Crippen molar-refractivity contribution < 1.29 is 9.13 Å². The molecule has 0 fully saturated rings. The van der Waals surface area contributed by atoms with Crippen LogP contribution in [0.5, 0.6) is 11.6 Å². The van der Waals surface area contributed by atoms with Crippen molar-refractivity contribution in [3.63, 3.8) is 0 Å². The molecule has 0 spiro atoms. The van der Waals surface area contributed by atoms with E-state index < -0.39 is 5.82 Å². The lowest BCUT2D eigenvalue weighted by Crippen LogP contribution is -2.16. The van der Waals surface area contributed by atoms with Crippen LogP contribution >= 0.6 is 27.5 Å². The molecule has 0 amide bonds. The molecule has 3 nitrogen and oxygen atoms in total. The molecule has 0 unspecified atom stereocenters. The van der Waals surface area contributed by atoms with Crippen LogP contribution in [0, 0.1) is 5.82 Å². The lowest BCUT2D eigenvalue weighted by atomic mass is 9.96. The second-order valence-electron chi connectivity index (χ2n) is 5.28. The molecule has 0 N–H and O–H groups in total. The number of nitrogens with zero attached hydrogens (tertiary/aromatic N) is 2. The summed E-state index contributed by atoms with van der Waals surface area (Å²) in [7, 11) is 0. The molecule has 0 saturated heterocycles. The molecule has 0 radical (unpaired) electrons. The Morgan fingerprint density at radius 1 is 1.20 bits per heavy atom. The highest BCUT2D eigenvalue weighted by Crippen LogP contribution is 2.28. The Bertz CT molecular complexity index is 644. The van der Waals surface area contributed by atoms with E-state index in [1.165, 1.54) is 12.1 Å². The van der Waals surface area contributed by atoms with Crippen LogP contribution in [0.2, 0.25) is 5.02 Å². The Morgan fingerprint density at radius 3 is 2.50 bits per heavy atom. The van der Waals surface area contributed by atoms with E-state index in [4.69, 9.17) is 16.3 Å². The van der Waals surface area contributed by atoms with Gasteiger partial charge >= 0.3 is 0 Å². The first-order valence-corrected chi connectivity index (χ1v) is 7.11. The molecular weight excluding hydrogens is 347 g/mol. The highest BCUT2D eigenvalue weighted by Gasteiger charge is 2.19. The first kappa shape index (κ1) is 15.2. The Kier molecular flexibility index (Phi) is 4.30. The molecule has 0 aliphatic heterocycles. The van der Waals surface area contributed by atoms with Crippen molar-refractivity contribution in [3.8, 4) is 11.6 Å². The SMILES string of the molecule is CC(C)(C)c1nc(Br)cc(Oc2ccc(Cl)c(F)c2)n1. The van der Waals surface area contributed by atoms with Gasteiger partial charge in [-0.2, -0.15) is 4.98 Å². The number of aromatic nitrogens is 2. The molecule has 2 rings (SSSR count). The van der Waals surface area contributed by atoms with E-state index in [2.05, 4.69) is 25.9 Å². The van der Waals surface area contributed by atoms with Crippen molar-refractivity contribution >= 4 is 27.5 Å². The molecule has 2 aromatic rings. The standard InChI is InChI=1S/C14H13BrClFN2O/c1-14(2,3)13-18-11(15)7-12(19-13)20-8-4-5-9(16)10(17)6-8/h4-7H,1-3H3. The van der Waals surface area contributed by atoms with E-state index in [1.54, 1.807) is 12.1 Å². The van der Waals surface area contributed by atoms with Crippen LogP contribution in [0.3, 0.4) is 0 Å². The Balaban J connectivity index is 2.33. The summed E-state index contributed by atoms with van der Waals surface area (Å²) in [6, 6.07) is 5.86. The summed E-state index contributed by atoms with van der Waals surface area (Å²) in [6.07, 6.45) is 0. The van der Waals surface area contributed by atoms with Crippen molar-refractivity contribution in [2.75, 3.05) is 0 Å². The summed E-state index contributed by atoms with van der Waals surface area (Å²) in [6.45, 7) is 6.00. The molecule has 0 saturated carbocycles. The average Bonchev–Trinajstić information content (AvgIpc) is 2.32. The van der Waals surface area contributed by atoms with Gasteiger partial charge < -0.3 is 4.74 Å². The van der Waals surface area contributed by atoms with Crippen molar-refractivity contribution in [2.45, 2.75) is 26.2 Å². The number of benzene rings is 1. The molecule has 6 heteroatoms. The van der Waals surface area contributed by atoms with Gasteiger partial charge in [0, 0.05) is 17.5 Å². The van der Waals surface area contributed by atoms with E-state index in [0.717, 1.165) is 0 Å². The third kappa shape index (κ3) is 3.67. The van der Waals surface area contributed by atoms with Gasteiger partial charge in [-0.3, -0.25) is 0 Å². The first-order valence-electron chi connectivity index (χ1n) is 5.94. The smallest absolute Gasteiger partial charge is 0.223 e. The number of hydrogen-bond acceptors (Lipinski definition) is 3. The van der Waals surface area contributed by atoms with Crippen LogP contribution < -0.4 is 4.74 Å². The third-order valence-corrected chi connectivity index (χ3v) is 3.17. The largest absolute Gasteiger partial charge is 0.439 e. The molecule has 0 atom stereocenters. The average molecular weight is 360 g/mol. The lowest BCUT2D eigenvalue weighted by Gasteiger charge is -2.17. The quantitative estimate of drug-likeness (QED) is 0.698. The van der Waals surface area contributed by atoms with Gasteiger partial charge in [-0.05, 0) is 28.1 Å². The van der Waals surface area contributed by atoms with E-state index in [1.807, 2.05) is 20.8 Å². The minimum Gasteiger partial charge on any atom is -0.439 e. The molecular formula is C14H13BrClFN2O. The summed E-state index contributed by atoms with van der Waals surface area (Å²) >= 11 is 8.95. The van der Waals surface area contributed by atoms with Crippen LogP contribution in [0.4, 0.5) is 4.39 Å². The van der Waals surface area contributed by atoms with E-state index in [9.17, 15) is 4.39 Å². The first-order chi connectivity index (χ1) is 9.25. The monoisotopic (exact) mass is 358 g/mol. The van der Waals surface area contributed by atoms with Gasteiger partial charge in [0.25, 0.3) is 0 Å². The second kappa shape index (κ2) is 5.66. The summed E-state index contributed by atoms with van der Waals surface area (Å²) < 4.78 is 19.5. The molecule has 20 heavy (non-hydrogen) atoms. The third-order valence-electron chi connectivity index (χ3n) is 2.46. The fraction of sp³-hybridized carbons (Fsp3) is 0.286. The summed E-state index contributed by atoms with van der Waals surface area (Å²) in [4.78, 5) is 8.64. The minimum absolute atomic E-state index is 0.0524. The predicted molar refractivity (Wildman–Crippen MR) is 79.9 cm³/mol. The van der Waals surface area contributed by atoms with Gasteiger partial charge in [-0.1, -0.05) is 32.4 Å². The van der Waals surface area contributed by atoms with Crippen LogP contribution in [-0.4, -0.2) is 9.97 Å². The highest BCUT2D eigenvalue weighted by atomic mass is 79.9. The summed E-state index contributed by atoms with van der Waals surface area (Å²) in [5.74, 6) is 0.778. The van der Waals surface area contributed by atoms with Crippen LogP contribution in [-0.2, 0) is 5.41 Å². The van der Waals surface area contributed by atoms with E-state index in [0.29, 0.717) is 22.1 Å². The molecule has 0 bridgehead atoms. The predicted octanol–water partition coefficient (Wildman–Crippen LogP) is 5.12. The fourth-order valence-electron chi connectivity index (χ4n) is 1.45. The zero-order valence-electron chi connectivity index (χ0n) is 11.2. The van der Waals surface area contributed by atoms with E-state index in [-0.39, 0.29) is 10.4 Å². The molecule has 1 aromatic carbocycles. The van der Waals surface area contributed by atoms with Gasteiger partial charge in [-0.15, -0.1) is 0 Å². The van der Waals surface area contributed by atoms with Crippen molar-refractivity contribution in [3.05, 3.63) is 45.5 Å². The maximum absolute atomic E-state index is 13.4. The molecule has 0 aliphatic rings. The topological polar surface area (TPSA) is 35.0 Å². The van der Waals surface area contributed by atoms with Gasteiger partial charge in [0.15, 0.2) is 0 Å². The van der Waals surface area contributed by atoms with Gasteiger partial charge in [0.05, 0.1) is 5.02 Å². The van der Waals surface area contributed by atoms with Gasteiger partial charge in [-0.25, -0.2) is 9.37 Å². The van der Waals surface area contributed by atoms with Crippen molar-refractivity contribution in [1.82, 2.24) is 9.97 Å². The number of rotatable bonds is 2. The summed E-state index contributed by atoms with van der Waals surface area (Å²) in [5.41, 5.74) is -0.215. The minimum atomic E-state index is -0.534. The lowest BCUT2D eigenvalue weighted by molar-refractivity contribution is 0.441. The number of ether oxygens (including phenoxy) is 1. The van der Waals surface area contributed by atoms with E-state index >= 15 is 0 Å². The summed E-state index contributed by atoms with van der Waals surface area (Å²) in [5, 5.41) is 0.0524. The molecule has 0 aliphatic carbocycles. The zero-order valence-corrected chi connectivity index (χ0v) is 13.6. The van der Waals surface area contributed by atoms with Crippen LogP contribution in [0.25, 0.3) is 0 Å².